The Balaban J connectivity index is 1.73. The molecule has 0 aromatic heterocycles. The number of sulfone groups is 1. The van der Waals surface area contributed by atoms with Crippen molar-refractivity contribution in [3.05, 3.63) is 65.2 Å². The molecular weight excluding hydrogens is 318 g/mol. The summed E-state index contributed by atoms with van der Waals surface area (Å²) in [6.45, 7) is -0.0183. The van der Waals surface area contributed by atoms with E-state index in [1.165, 1.54) is 12.1 Å². The van der Waals surface area contributed by atoms with Gasteiger partial charge in [0.2, 0.25) is 0 Å². The molecular formula is C16H13NO5S. The highest BCUT2D eigenvalue weighted by Gasteiger charge is 2.36. The summed E-state index contributed by atoms with van der Waals surface area (Å²) in [4.78, 5) is 29.7. The molecule has 0 radical (unpaired) electrons. The lowest BCUT2D eigenvalue weighted by Gasteiger charge is -2.13. The molecule has 0 atom stereocenters. The predicted octanol–water partition coefficient (Wildman–Crippen LogP) is 1.82. The first-order chi connectivity index (χ1) is 10.9. The molecule has 0 N–H and O–H groups in total. The molecule has 6 nitrogen and oxygen atoms in total. The SMILES string of the molecule is CS(=O)(=O)c1ccc(CON2C(=O)c3ccccc3C2=O)cc1. The first kappa shape index (κ1) is 15.4. The molecule has 3 rings (SSSR count). The van der Waals surface area contributed by atoms with E-state index in [9.17, 15) is 18.0 Å². The molecule has 1 aliphatic heterocycles. The van der Waals surface area contributed by atoms with E-state index in [2.05, 4.69) is 0 Å². The summed E-state index contributed by atoms with van der Waals surface area (Å²) in [5, 5.41) is 0.731. The monoisotopic (exact) mass is 331 g/mol. The lowest BCUT2D eigenvalue weighted by Crippen LogP contribution is -2.29. The van der Waals surface area contributed by atoms with Gasteiger partial charge < -0.3 is 0 Å². The Morgan fingerprint density at radius 1 is 0.913 bits per heavy atom. The van der Waals surface area contributed by atoms with Crippen LogP contribution in [0.2, 0.25) is 0 Å². The summed E-state index contributed by atoms with van der Waals surface area (Å²) >= 11 is 0. The molecule has 0 aliphatic carbocycles. The maximum absolute atomic E-state index is 12.1. The summed E-state index contributed by atoms with van der Waals surface area (Å²) in [5.41, 5.74) is 1.27. The first-order valence-corrected chi connectivity index (χ1v) is 8.67. The van der Waals surface area contributed by atoms with Crippen molar-refractivity contribution in [2.24, 2.45) is 0 Å². The fourth-order valence-electron chi connectivity index (χ4n) is 2.26. The molecule has 2 aromatic rings. The van der Waals surface area contributed by atoms with Crippen molar-refractivity contribution in [3.8, 4) is 0 Å². The summed E-state index contributed by atoms with van der Waals surface area (Å²) in [6, 6.07) is 12.6. The largest absolute Gasteiger partial charge is 0.285 e. The molecule has 0 saturated heterocycles. The smallest absolute Gasteiger partial charge is 0.266 e. The first-order valence-electron chi connectivity index (χ1n) is 6.77. The lowest BCUT2D eigenvalue weighted by atomic mass is 10.1. The van der Waals surface area contributed by atoms with Crippen molar-refractivity contribution in [3.63, 3.8) is 0 Å². The average molecular weight is 331 g/mol. The summed E-state index contributed by atoms with van der Waals surface area (Å²) in [5.74, 6) is -1.00. The van der Waals surface area contributed by atoms with Crippen molar-refractivity contribution < 1.29 is 22.8 Å². The third-order valence-corrected chi connectivity index (χ3v) is 4.60. The standard InChI is InChI=1S/C16H13NO5S/c1-23(20,21)12-8-6-11(7-9-12)10-22-17-15(18)13-4-2-3-5-14(13)16(17)19/h2-9H,10H2,1H3. The number of fused-ring (bicyclic) bond motifs is 1. The number of rotatable bonds is 4. The Labute approximate surface area is 133 Å². The highest BCUT2D eigenvalue weighted by atomic mass is 32.2. The van der Waals surface area contributed by atoms with E-state index in [0.29, 0.717) is 16.7 Å². The van der Waals surface area contributed by atoms with Crippen LogP contribution < -0.4 is 0 Å². The van der Waals surface area contributed by atoms with Crippen LogP contribution in [0.1, 0.15) is 26.3 Å². The van der Waals surface area contributed by atoms with Gasteiger partial charge in [0.25, 0.3) is 11.8 Å². The van der Waals surface area contributed by atoms with E-state index >= 15 is 0 Å². The van der Waals surface area contributed by atoms with Crippen LogP contribution in [-0.2, 0) is 21.3 Å². The maximum Gasteiger partial charge on any atom is 0.285 e. The van der Waals surface area contributed by atoms with Gasteiger partial charge >= 0.3 is 0 Å². The molecule has 2 aromatic carbocycles. The van der Waals surface area contributed by atoms with Crippen LogP contribution in [0.25, 0.3) is 0 Å². The van der Waals surface area contributed by atoms with Gasteiger partial charge in [-0.1, -0.05) is 24.3 Å². The summed E-state index contributed by atoms with van der Waals surface area (Å²) in [6.07, 6.45) is 1.12. The van der Waals surface area contributed by atoms with Crippen molar-refractivity contribution >= 4 is 21.7 Å². The van der Waals surface area contributed by atoms with Gasteiger partial charge in [-0.2, -0.15) is 0 Å². The van der Waals surface area contributed by atoms with Crippen molar-refractivity contribution in [2.75, 3.05) is 6.26 Å². The Bertz CT molecular complexity index is 852. The van der Waals surface area contributed by atoms with E-state index in [4.69, 9.17) is 4.84 Å². The van der Waals surface area contributed by atoms with Crippen LogP contribution in [0.4, 0.5) is 0 Å². The third kappa shape index (κ3) is 2.88. The minimum atomic E-state index is -3.26. The number of nitrogens with zero attached hydrogens (tertiary/aromatic N) is 1. The molecule has 0 spiro atoms. The van der Waals surface area contributed by atoms with Crippen LogP contribution >= 0.6 is 0 Å². The molecule has 1 aliphatic rings. The number of hydrogen-bond donors (Lipinski definition) is 0. The number of carbonyl (C=O) groups is 2. The molecule has 0 unspecified atom stereocenters. The van der Waals surface area contributed by atoms with E-state index in [1.807, 2.05) is 0 Å². The number of carbonyl (C=O) groups excluding carboxylic acids is 2. The van der Waals surface area contributed by atoms with Crippen LogP contribution in [0.5, 0.6) is 0 Å². The zero-order valence-corrected chi connectivity index (χ0v) is 13.0. The number of amides is 2. The Morgan fingerprint density at radius 2 is 1.43 bits per heavy atom. The highest BCUT2D eigenvalue weighted by molar-refractivity contribution is 7.90. The molecule has 7 heteroatoms. The van der Waals surface area contributed by atoms with E-state index in [1.54, 1.807) is 36.4 Å². The number of hydrogen-bond acceptors (Lipinski definition) is 5. The number of hydroxylamine groups is 2. The normalized spacial score (nSPS) is 14.2. The molecule has 0 bridgehead atoms. The molecule has 0 saturated carbocycles. The van der Waals surface area contributed by atoms with E-state index in [0.717, 1.165) is 11.3 Å². The van der Waals surface area contributed by atoms with Gasteiger partial charge in [0, 0.05) is 6.26 Å². The van der Waals surface area contributed by atoms with Crippen LogP contribution in [0.15, 0.2) is 53.4 Å². The van der Waals surface area contributed by atoms with E-state index in [-0.39, 0.29) is 11.5 Å². The molecule has 1 heterocycles. The third-order valence-electron chi connectivity index (χ3n) is 3.47. The zero-order valence-electron chi connectivity index (χ0n) is 12.2. The van der Waals surface area contributed by atoms with Gasteiger partial charge in [-0.3, -0.25) is 14.4 Å². The number of benzene rings is 2. The van der Waals surface area contributed by atoms with Gasteiger partial charge in [0.15, 0.2) is 9.84 Å². The second kappa shape index (κ2) is 5.60. The molecule has 2 amide bonds. The van der Waals surface area contributed by atoms with Crippen molar-refractivity contribution in [2.45, 2.75) is 11.5 Å². The van der Waals surface area contributed by atoms with Gasteiger partial charge in [-0.25, -0.2) is 8.42 Å². The highest BCUT2D eigenvalue weighted by Crippen LogP contribution is 2.23. The molecule has 118 valence electrons. The minimum Gasteiger partial charge on any atom is -0.266 e. The Kier molecular flexibility index (Phi) is 3.75. The number of imide groups is 1. The van der Waals surface area contributed by atoms with Gasteiger partial charge in [-0.15, -0.1) is 5.06 Å². The second-order valence-electron chi connectivity index (χ2n) is 5.14. The Morgan fingerprint density at radius 3 is 1.91 bits per heavy atom. The topological polar surface area (TPSA) is 80.8 Å². The second-order valence-corrected chi connectivity index (χ2v) is 7.16. The molecule has 23 heavy (non-hydrogen) atoms. The quantitative estimate of drug-likeness (QED) is 0.798. The predicted molar refractivity (Wildman–Crippen MR) is 81.3 cm³/mol. The fraction of sp³-hybridized carbons (Fsp3) is 0.125. The zero-order chi connectivity index (χ0) is 16.6. The van der Waals surface area contributed by atoms with Crippen LogP contribution in [0, 0.1) is 0 Å². The van der Waals surface area contributed by atoms with Crippen molar-refractivity contribution in [1.29, 1.82) is 0 Å². The summed E-state index contributed by atoms with van der Waals surface area (Å²) < 4.78 is 22.8. The van der Waals surface area contributed by atoms with E-state index < -0.39 is 21.7 Å². The van der Waals surface area contributed by atoms with Gasteiger partial charge in [0.05, 0.1) is 16.0 Å². The van der Waals surface area contributed by atoms with Crippen molar-refractivity contribution in [1.82, 2.24) is 5.06 Å². The minimum absolute atomic E-state index is 0.0183. The fourth-order valence-corrected chi connectivity index (χ4v) is 2.89. The van der Waals surface area contributed by atoms with Gasteiger partial charge in [0.1, 0.15) is 6.61 Å². The Hall–Kier alpha value is -2.51. The van der Waals surface area contributed by atoms with Crippen LogP contribution in [0.3, 0.4) is 0 Å². The average Bonchev–Trinajstić information content (AvgIpc) is 2.77. The maximum atomic E-state index is 12.1. The van der Waals surface area contributed by atoms with Gasteiger partial charge in [-0.05, 0) is 29.8 Å². The molecule has 0 fully saturated rings. The van der Waals surface area contributed by atoms with Crippen LogP contribution in [-0.4, -0.2) is 31.6 Å². The lowest BCUT2D eigenvalue weighted by molar-refractivity contribution is -0.101. The summed E-state index contributed by atoms with van der Waals surface area (Å²) in [7, 11) is -3.26.